The van der Waals surface area contributed by atoms with E-state index >= 15 is 0 Å². The Morgan fingerprint density at radius 3 is 2.67 bits per heavy atom. The summed E-state index contributed by atoms with van der Waals surface area (Å²) in [4.78, 5) is 26.1. The van der Waals surface area contributed by atoms with Gasteiger partial charge in [-0.3, -0.25) is 14.3 Å². The molecule has 2 amide bonds. The minimum atomic E-state index is -1.12. The molecule has 1 saturated heterocycles. The molecule has 0 bridgehead atoms. The standard InChI is InChI=1S/C13H19ClN4O3/c1-8-9(14)10(16-17(8)2)11(19)18-6-4-5-13(18,7-21-3)12(15)20/h4-7H2,1-3H3,(H2,15,20). The van der Waals surface area contributed by atoms with Crippen molar-refractivity contribution in [3.05, 3.63) is 16.4 Å². The predicted molar refractivity (Wildman–Crippen MR) is 77.0 cm³/mol. The molecule has 0 spiro atoms. The predicted octanol–water partition coefficient (Wildman–Crippen LogP) is 0.488. The maximum atomic E-state index is 12.7. The number of carbonyl (C=O) groups excluding carboxylic acids is 2. The number of hydrogen-bond acceptors (Lipinski definition) is 4. The maximum Gasteiger partial charge on any atom is 0.276 e. The van der Waals surface area contributed by atoms with Gasteiger partial charge in [0.1, 0.15) is 5.54 Å². The van der Waals surface area contributed by atoms with Gasteiger partial charge < -0.3 is 15.4 Å². The Morgan fingerprint density at radius 2 is 2.19 bits per heavy atom. The number of primary amides is 1. The minimum absolute atomic E-state index is 0.0670. The zero-order chi connectivity index (χ0) is 15.8. The van der Waals surface area contributed by atoms with Crippen molar-refractivity contribution in [1.29, 1.82) is 0 Å². The van der Waals surface area contributed by atoms with Crippen molar-refractivity contribution in [2.75, 3.05) is 20.3 Å². The summed E-state index contributed by atoms with van der Waals surface area (Å²) in [6.07, 6.45) is 1.16. The van der Waals surface area contributed by atoms with Crippen LogP contribution in [0.2, 0.25) is 5.02 Å². The summed E-state index contributed by atoms with van der Waals surface area (Å²) in [5.41, 5.74) is 5.23. The summed E-state index contributed by atoms with van der Waals surface area (Å²) in [5, 5.41) is 4.44. The quantitative estimate of drug-likeness (QED) is 0.875. The van der Waals surface area contributed by atoms with Gasteiger partial charge in [0.25, 0.3) is 5.91 Å². The summed E-state index contributed by atoms with van der Waals surface area (Å²) < 4.78 is 6.65. The SMILES string of the molecule is COCC1(C(N)=O)CCCN1C(=O)c1nn(C)c(C)c1Cl. The van der Waals surface area contributed by atoms with Gasteiger partial charge in [0.05, 0.1) is 17.3 Å². The Morgan fingerprint density at radius 1 is 1.52 bits per heavy atom. The van der Waals surface area contributed by atoms with Crippen molar-refractivity contribution in [3.63, 3.8) is 0 Å². The van der Waals surface area contributed by atoms with E-state index < -0.39 is 17.4 Å². The second-order valence-corrected chi connectivity index (χ2v) is 5.64. The van der Waals surface area contributed by atoms with Crippen molar-refractivity contribution in [2.24, 2.45) is 12.8 Å². The van der Waals surface area contributed by atoms with Gasteiger partial charge in [-0.25, -0.2) is 0 Å². The smallest absolute Gasteiger partial charge is 0.276 e. The molecule has 1 aromatic heterocycles. The molecular weight excluding hydrogens is 296 g/mol. The first-order valence-electron chi connectivity index (χ1n) is 6.65. The molecule has 2 heterocycles. The van der Waals surface area contributed by atoms with Gasteiger partial charge in [-0.1, -0.05) is 11.6 Å². The molecule has 1 aromatic rings. The van der Waals surface area contributed by atoms with Crippen LogP contribution in [0.5, 0.6) is 0 Å². The zero-order valence-electron chi connectivity index (χ0n) is 12.4. The fourth-order valence-electron chi connectivity index (χ4n) is 2.74. The van der Waals surface area contributed by atoms with Crippen molar-refractivity contribution in [3.8, 4) is 0 Å². The molecule has 1 aliphatic heterocycles. The number of methoxy groups -OCH3 is 1. The molecule has 1 aliphatic rings. The van der Waals surface area contributed by atoms with Gasteiger partial charge in [0.15, 0.2) is 5.69 Å². The third-order valence-corrected chi connectivity index (χ3v) is 4.49. The molecular formula is C13H19ClN4O3. The molecule has 0 radical (unpaired) electrons. The molecule has 7 nitrogen and oxygen atoms in total. The van der Waals surface area contributed by atoms with E-state index in [2.05, 4.69) is 5.10 Å². The topological polar surface area (TPSA) is 90.4 Å². The number of aryl methyl sites for hydroxylation is 1. The monoisotopic (exact) mass is 314 g/mol. The molecule has 1 unspecified atom stereocenters. The van der Waals surface area contributed by atoms with Gasteiger partial charge >= 0.3 is 0 Å². The Hall–Kier alpha value is -1.60. The summed E-state index contributed by atoms with van der Waals surface area (Å²) in [6, 6.07) is 0. The van der Waals surface area contributed by atoms with E-state index in [4.69, 9.17) is 22.1 Å². The van der Waals surface area contributed by atoms with Crippen LogP contribution >= 0.6 is 11.6 Å². The Balaban J connectivity index is 2.41. The zero-order valence-corrected chi connectivity index (χ0v) is 13.1. The lowest BCUT2D eigenvalue weighted by atomic mass is 9.96. The molecule has 21 heavy (non-hydrogen) atoms. The number of carbonyl (C=O) groups is 2. The highest BCUT2D eigenvalue weighted by Gasteiger charge is 2.49. The van der Waals surface area contributed by atoms with Crippen LogP contribution in [0, 0.1) is 6.92 Å². The first-order valence-corrected chi connectivity index (χ1v) is 7.03. The lowest BCUT2D eigenvalue weighted by molar-refractivity contribution is -0.130. The van der Waals surface area contributed by atoms with Crippen molar-refractivity contribution in [1.82, 2.24) is 14.7 Å². The van der Waals surface area contributed by atoms with Gasteiger partial charge in [-0.15, -0.1) is 0 Å². The van der Waals surface area contributed by atoms with E-state index in [-0.39, 0.29) is 12.3 Å². The molecule has 0 saturated carbocycles. The third kappa shape index (κ3) is 2.40. The summed E-state index contributed by atoms with van der Waals surface area (Å²) in [6.45, 7) is 2.27. The van der Waals surface area contributed by atoms with E-state index in [1.54, 1.807) is 14.0 Å². The lowest BCUT2D eigenvalue weighted by Gasteiger charge is -2.34. The highest BCUT2D eigenvalue weighted by atomic mass is 35.5. The number of likely N-dealkylation sites (tertiary alicyclic amines) is 1. The average molecular weight is 315 g/mol. The number of rotatable bonds is 4. The van der Waals surface area contributed by atoms with Gasteiger partial charge in [0, 0.05) is 20.7 Å². The highest BCUT2D eigenvalue weighted by molar-refractivity contribution is 6.34. The average Bonchev–Trinajstić information content (AvgIpc) is 2.97. The van der Waals surface area contributed by atoms with Crippen LogP contribution in [0.3, 0.4) is 0 Å². The lowest BCUT2D eigenvalue weighted by Crippen LogP contribution is -2.58. The Bertz CT molecular complexity index is 586. The first kappa shape index (κ1) is 15.8. The van der Waals surface area contributed by atoms with Crippen LogP contribution in [0.4, 0.5) is 0 Å². The molecule has 116 valence electrons. The molecule has 2 rings (SSSR count). The number of amides is 2. The van der Waals surface area contributed by atoms with Gasteiger partial charge in [0.2, 0.25) is 5.91 Å². The summed E-state index contributed by atoms with van der Waals surface area (Å²) in [5.74, 6) is -0.962. The highest BCUT2D eigenvalue weighted by Crippen LogP contribution is 2.32. The van der Waals surface area contributed by atoms with Gasteiger partial charge in [-0.05, 0) is 19.8 Å². The number of aromatic nitrogens is 2. The second-order valence-electron chi connectivity index (χ2n) is 5.26. The van der Waals surface area contributed by atoms with E-state index in [9.17, 15) is 9.59 Å². The maximum absolute atomic E-state index is 12.7. The number of halogens is 1. The molecule has 1 fully saturated rings. The molecule has 2 N–H and O–H groups in total. The number of ether oxygens (including phenoxy) is 1. The fraction of sp³-hybridized carbons (Fsp3) is 0.615. The van der Waals surface area contributed by atoms with E-state index in [1.807, 2.05) is 0 Å². The number of nitrogens with two attached hydrogens (primary N) is 1. The second kappa shape index (κ2) is 5.65. The third-order valence-electron chi connectivity index (χ3n) is 4.04. The van der Waals surface area contributed by atoms with Crippen LogP contribution in [-0.4, -0.2) is 52.3 Å². The minimum Gasteiger partial charge on any atom is -0.382 e. The van der Waals surface area contributed by atoms with E-state index in [0.29, 0.717) is 30.1 Å². The van der Waals surface area contributed by atoms with Crippen LogP contribution in [0.25, 0.3) is 0 Å². The van der Waals surface area contributed by atoms with Crippen molar-refractivity contribution in [2.45, 2.75) is 25.3 Å². The van der Waals surface area contributed by atoms with Crippen molar-refractivity contribution < 1.29 is 14.3 Å². The van der Waals surface area contributed by atoms with Crippen LogP contribution in [-0.2, 0) is 16.6 Å². The molecule has 8 heteroatoms. The van der Waals surface area contributed by atoms with Crippen LogP contribution < -0.4 is 5.73 Å². The number of nitrogens with zero attached hydrogens (tertiary/aromatic N) is 3. The fourth-order valence-corrected chi connectivity index (χ4v) is 2.98. The first-order chi connectivity index (χ1) is 9.85. The van der Waals surface area contributed by atoms with Crippen LogP contribution in [0.15, 0.2) is 0 Å². The van der Waals surface area contributed by atoms with Crippen LogP contribution in [0.1, 0.15) is 29.0 Å². The Labute approximate surface area is 128 Å². The van der Waals surface area contributed by atoms with E-state index in [1.165, 1.54) is 16.7 Å². The molecule has 0 aliphatic carbocycles. The van der Waals surface area contributed by atoms with Gasteiger partial charge in [-0.2, -0.15) is 5.10 Å². The molecule has 0 aromatic carbocycles. The largest absolute Gasteiger partial charge is 0.382 e. The van der Waals surface area contributed by atoms with Crippen molar-refractivity contribution >= 4 is 23.4 Å². The summed E-state index contributed by atoms with van der Waals surface area (Å²) >= 11 is 6.16. The van der Waals surface area contributed by atoms with E-state index in [0.717, 1.165) is 0 Å². The number of hydrogen-bond donors (Lipinski definition) is 1. The Kier molecular flexibility index (Phi) is 4.25. The summed E-state index contributed by atoms with van der Waals surface area (Å²) in [7, 11) is 3.18. The normalized spacial score (nSPS) is 21.8. The molecule has 1 atom stereocenters.